The first-order valence-corrected chi connectivity index (χ1v) is 6.52. The maximum absolute atomic E-state index is 11.8. The Morgan fingerprint density at radius 1 is 1.41 bits per heavy atom. The number of hydrogen-bond donors (Lipinski definition) is 1. The summed E-state index contributed by atoms with van der Waals surface area (Å²) >= 11 is 3.39. The Labute approximate surface area is 111 Å². The van der Waals surface area contributed by atoms with Gasteiger partial charge in [-0.1, -0.05) is 28.1 Å². The van der Waals surface area contributed by atoms with E-state index in [9.17, 15) is 4.79 Å². The van der Waals surface area contributed by atoms with E-state index in [-0.39, 0.29) is 11.9 Å². The summed E-state index contributed by atoms with van der Waals surface area (Å²) in [5.74, 6) is 0.144. The van der Waals surface area contributed by atoms with Crippen LogP contribution in [-0.2, 0) is 11.3 Å². The smallest absolute Gasteiger partial charge is 0.222 e. The number of nitrogens with zero attached hydrogens (tertiary/aromatic N) is 1. The highest BCUT2D eigenvalue weighted by Crippen LogP contribution is 2.12. The number of amides is 1. The zero-order valence-electron chi connectivity index (χ0n) is 10.3. The van der Waals surface area contributed by atoms with Crippen molar-refractivity contribution in [2.24, 2.45) is 5.73 Å². The second kappa shape index (κ2) is 6.77. The number of rotatable bonds is 5. The summed E-state index contributed by atoms with van der Waals surface area (Å²) in [6.07, 6.45) is 1.26. The van der Waals surface area contributed by atoms with Gasteiger partial charge in [-0.05, 0) is 31.0 Å². The van der Waals surface area contributed by atoms with Crippen molar-refractivity contribution in [2.45, 2.75) is 32.4 Å². The van der Waals surface area contributed by atoms with E-state index in [1.165, 1.54) is 0 Å². The van der Waals surface area contributed by atoms with Gasteiger partial charge >= 0.3 is 0 Å². The average Bonchev–Trinajstić information content (AvgIpc) is 2.28. The Bertz CT molecular complexity index is 362. The van der Waals surface area contributed by atoms with Crippen LogP contribution < -0.4 is 5.73 Å². The fraction of sp³-hybridized carbons (Fsp3) is 0.462. The van der Waals surface area contributed by atoms with Crippen molar-refractivity contribution in [1.82, 2.24) is 4.90 Å². The van der Waals surface area contributed by atoms with Gasteiger partial charge in [-0.25, -0.2) is 0 Å². The van der Waals surface area contributed by atoms with Crippen LogP contribution in [-0.4, -0.2) is 23.9 Å². The van der Waals surface area contributed by atoms with Crippen LogP contribution >= 0.6 is 15.9 Å². The number of nitrogens with two attached hydrogens (primary N) is 1. The Kier molecular flexibility index (Phi) is 5.65. The molecule has 0 fully saturated rings. The minimum Gasteiger partial charge on any atom is -0.341 e. The molecule has 0 aromatic heterocycles. The molecule has 0 aliphatic rings. The van der Waals surface area contributed by atoms with Crippen LogP contribution in [0, 0.1) is 0 Å². The zero-order valence-corrected chi connectivity index (χ0v) is 11.9. The summed E-state index contributed by atoms with van der Waals surface area (Å²) in [6, 6.07) is 8.07. The standard InChI is InChI=1S/C13H19BrN2O/c1-10(15)3-8-13(17)16(2)9-11-4-6-12(14)7-5-11/h4-7,10H,3,8-9,15H2,1-2H3. The maximum atomic E-state index is 11.8. The molecule has 3 nitrogen and oxygen atoms in total. The van der Waals surface area contributed by atoms with Crippen LogP contribution in [0.2, 0.25) is 0 Å². The predicted octanol–water partition coefficient (Wildman–Crippen LogP) is 2.53. The van der Waals surface area contributed by atoms with Crippen LogP contribution in [0.25, 0.3) is 0 Å². The Morgan fingerprint density at radius 3 is 2.53 bits per heavy atom. The minimum absolute atomic E-state index is 0.0834. The molecule has 0 aliphatic carbocycles. The molecule has 2 N–H and O–H groups in total. The van der Waals surface area contributed by atoms with E-state index in [4.69, 9.17) is 5.73 Å². The first kappa shape index (κ1) is 14.2. The fourth-order valence-electron chi connectivity index (χ4n) is 1.49. The van der Waals surface area contributed by atoms with E-state index in [1.54, 1.807) is 4.90 Å². The summed E-state index contributed by atoms with van der Waals surface area (Å²) in [7, 11) is 1.82. The lowest BCUT2D eigenvalue weighted by molar-refractivity contribution is -0.130. The van der Waals surface area contributed by atoms with Crippen LogP contribution in [0.15, 0.2) is 28.7 Å². The van der Waals surface area contributed by atoms with Gasteiger partial charge in [0, 0.05) is 30.5 Å². The number of carbonyl (C=O) groups excluding carboxylic acids is 1. The Morgan fingerprint density at radius 2 is 2.00 bits per heavy atom. The van der Waals surface area contributed by atoms with Crippen LogP contribution in [0.1, 0.15) is 25.3 Å². The SMILES string of the molecule is CC(N)CCC(=O)N(C)Cc1ccc(Br)cc1. The van der Waals surface area contributed by atoms with E-state index in [1.807, 2.05) is 38.2 Å². The van der Waals surface area contributed by atoms with Crippen molar-refractivity contribution in [3.8, 4) is 0 Å². The predicted molar refractivity (Wildman–Crippen MR) is 73.5 cm³/mol. The molecule has 0 radical (unpaired) electrons. The summed E-state index contributed by atoms with van der Waals surface area (Å²) in [6.45, 7) is 2.56. The number of hydrogen-bond acceptors (Lipinski definition) is 2. The van der Waals surface area contributed by atoms with E-state index in [0.29, 0.717) is 13.0 Å². The van der Waals surface area contributed by atoms with Gasteiger partial charge in [0.05, 0.1) is 0 Å². The molecule has 0 heterocycles. The van der Waals surface area contributed by atoms with Crippen molar-refractivity contribution in [3.63, 3.8) is 0 Å². The molecule has 17 heavy (non-hydrogen) atoms. The zero-order chi connectivity index (χ0) is 12.8. The fourth-order valence-corrected chi connectivity index (χ4v) is 1.76. The molecular weight excluding hydrogens is 280 g/mol. The third-order valence-corrected chi connectivity index (χ3v) is 3.10. The van der Waals surface area contributed by atoms with Gasteiger partial charge in [0.15, 0.2) is 0 Å². The van der Waals surface area contributed by atoms with E-state index < -0.39 is 0 Å². The van der Waals surface area contributed by atoms with Gasteiger partial charge in [0.2, 0.25) is 5.91 Å². The van der Waals surface area contributed by atoms with Gasteiger partial charge in [-0.15, -0.1) is 0 Å². The largest absolute Gasteiger partial charge is 0.341 e. The van der Waals surface area contributed by atoms with E-state index in [0.717, 1.165) is 16.5 Å². The van der Waals surface area contributed by atoms with Crippen LogP contribution in [0.5, 0.6) is 0 Å². The quantitative estimate of drug-likeness (QED) is 0.908. The molecule has 1 aromatic carbocycles. The van der Waals surface area contributed by atoms with Crippen LogP contribution in [0.4, 0.5) is 0 Å². The molecule has 4 heteroatoms. The third kappa shape index (κ3) is 5.33. The molecule has 1 unspecified atom stereocenters. The third-order valence-electron chi connectivity index (χ3n) is 2.57. The minimum atomic E-state index is 0.0834. The van der Waals surface area contributed by atoms with Gasteiger partial charge in [0.1, 0.15) is 0 Å². The monoisotopic (exact) mass is 298 g/mol. The van der Waals surface area contributed by atoms with Crippen molar-refractivity contribution in [3.05, 3.63) is 34.3 Å². The first-order valence-electron chi connectivity index (χ1n) is 5.73. The molecule has 1 rings (SSSR count). The molecule has 1 aromatic rings. The first-order chi connectivity index (χ1) is 7.99. The summed E-state index contributed by atoms with van der Waals surface area (Å²) < 4.78 is 1.05. The number of carbonyl (C=O) groups is 1. The van der Waals surface area contributed by atoms with E-state index in [2.05, 4.69) is 15.9 Å². The summed E-state index contributed by atoms with van der Waals surface area (Å²) in [4.78, 5) is 13.5. The molecule has 1 amide bonds. The number of halogens is 1. The molecule has 0 bridgehead atoms. The second-order valence-electron chi connectivity index (χ2n) is 4.39. The highest BCUT2D eigenvalue weighted by molar-refractivity contribution is 9.10. The molecule has 0 spiro atoms. The van der Waals surface area contributed by atoms with Crippen molar-refractivity contribution in [2.75, 3.05) is 7.05 Å². The molecule has 1 atom stereocenters. The van der Waals surface area contributed by atoms with Crippen molar-refractivity contribution in [1.29, 1.82) is 0 Å². The lowest BCUT2D eigenvalue weighted by atomic mass is 10.1. The maximum Gasteiger partial charge on any atom is 0.222 e. The average molecular weight is 299 g/mol. The highest BCUT2D eigenvalue weighted by Gasteiger charge is 2.09. The van der Waals surface area contributed by atoms with Crippen LogP contribution in [0.3, 0.4) is 0 Å². The van der Waals surface area contributed by atoms with Gasteiger partial charge in [0.25, 0.3) is 0 Å². The summed E-state index contributed by atoms with van der Waals surface area (Å²) in [5.41, 5.74) is 6.76. The van der Waals surface area contributed by atoms with E-state index >= 15 is 0 Å². The second-order valence-corrected chi connectivity index (χ2v) is 5.31. The molecule has 0 aliphatic heterocycles. The molecule has 0 saturated heterocycles. The topological polar surface area (TPSA) is 46.3 Å². The van der Waals surface area contributed by atoms with Gasteiger partial charge in [-0.2, -0.15) is 0 Å². The van der Waals surface area contributed by atoms with Crippen molar-refractivity contribution >= 4 is 21.8 Å². The van der Waals surface area contributed by atoms with Gasteiger partial charge < -0.3 is 10.6 Å². The highest BCUT2D eigenvalue weighted by atomic mass is 79.9. The number of benzene rings is 1. The normalized spacial score (nSPS) is 12.2. The molecular formula is C13H19BrN2O. The lowest BCUT2D eigenvalue weighted by Crippen LogP contribution is -2.27. The van der Waals surface area contributed by atoms with Crippen molar-refractivity contribution < 1.29 is 4.79 Å². The Balaban J connectivity index is 2.45. The molecule has 94 valence electrons. The molecule has 0 saturated carbocycles. The van der Waals surface area contributed by atoms with Gasteiger partial charge in [-0.3, -0.25) is 4.79 Å². The lowest BCUT2D eigenvalue weighted by Gasteiger charge is -2.18. The summed E-state index contributed by atoms with van der Waals surface area (Å²) in [5, 5.41) is 0. The Hall–Kier alpha value is -0.870.